The van der Waals surface area contributed by atoms with Crippen LogP contribution in [0.25, 0.3) is 0 Å². The van der Waals surface area contributed by atoms with Crippen molar-refractivity contribution in [2.45, 2.75) is 52.0 Å². The standard InChI is InChI=1S/C17H28N2OS/c1-13-6-8-17(12-18,9-7-13)16(20)19(3)14(2)11-15-5-4-10-21-15/h4-5,10,13-14H,6-9,11-12,18H2,1-3H3. The highest BCUT2D eigenvalue weighted by atomic mass is 32.1. The van der Waals surface area contributed by atoms with E-state index in [0.717, 1.165) is 38.0 Å². The van der Waals surface area contributed by atoms with Crippen LogP contribution in [0.3, 0.4) is 0 Å². The number of carbonyl (C=O) groups excluding carboxylic acids is 1. The van der Waals surface area contributed by atoms with Gasteiger partial charge in [0.2, 0.25) is 5.91 Å². The number of carbonyl (C=O) groups is 1. The van der Waals surface area contributed by atoms with Crippen molar-refractivity contribution in [2.75, 3.05) is 13.6 Å². The topological polar surface area (TPSA) is 46.3 Å². The monoisotopic (exact) mass is 308 g/mol. The zero-order valence-corrected chi connectivity index (χ0v) is 14.3. The van der Waals surface area contributed by atoms with Gasteiger partial charge in [-0.25, -0.2) is 0 Å². The van der Waals surface area contributed by atoms with E-state index in [1.165, 1.54) is 4.88 Å². The van der Waals surface area contributed by atoms with Crippen LogP contribution in [0.5, 0.6) is 0 Å². The Kier molecular flexibility index (Phi) is 5.44. The van der Waals surface area contributed by atoms with Crippen LogP contribution >= 0.6 is 11.3 Å². The molecule has 0 aliphatic heterocycles. The average molecular weight is 308 g/mol. The largest absolute Gasteiger partial charge is 0.342 e. The van der Waals surface area contributed by atoms with Crippen LogP contribution in [-0.2, 0) is 11.2 Å². The Balaban J connectivity index is 2.02. The van der Waals surface area contributed by atoms with Crippen LogP contribution in [0.2, 0.25) is 0 Å². The van der Waals surface area contributed by atoms with E-state index < -0.39 is 0 Å². The summed E-state index contributed by atoms with van der Waals surface area (Å²) < 4.78 is 0. The first kappa shape index (κ1) is 16.5. The van der Waals surface area contributed by atoms with Gasteiger partial charge in [0, 0.05) is 30.9 Å². The Morgan fingerprint density at radius 1 is 1.52 bits per heavy atom. The lowest BCUT2D eigenvalue weighted by Gasteiger charge is -2.41. The summed E-state index contributed by atoms with van der Waals surface area (Å²) in [5.74, 6) is 0.979. The van der Waals surface area contributed by atoms with Crippen molar-refractivity contribution < 1.29 is 4.79 Å². The van der Waals surface area contributed by atoms with Gasteiger partial charge in [-0.05, 0) is 50.0 Å². The Bertz CT molecular complexity index is 449. The minimum Gasteiger partial charge on any atom is -0.342 e. The third-order valence-corrected chi connectivity index (χ3v) is 6.03. The van der Waals surface area contributed by atoms with Gasteiger partial charge in [-0.2, -0.15) is 0 Å². The third kappa shape index (κ3) is 3.67. The number of nitrogens with two attached hydrogens (primary N) is 1. The molecule has 1 unspecified atom stereocenters. The minimum absolute atomic E-state index is 0.221. The van der Waals surface area contributed by atoms with E-state index in [-0.39, 0.29) is 17.4 Å². The normalized spacial score (nSPS) is 27.3. The zero-order valence-electron chi connectivity index (χ0n) is 13.5. The van der Waals surface area contributed by atoms with E-state index in [2.05, 4.69) is 31.4 Å². The van der Waals surface area contributed by atoms with Gasteiger partial charge in [0.15, 0.2) is 0 Å². The third-order valence-electron chi connectivity index (χ3n) is 5.13. The van der Waals surface area contributed by atoms with Crippen molar-refractivity contribution in [1.82, 2.24) is 4.90 Å². The van der Waals surface area contributed by atoms with Crippen LogP contribution in [-0.4, -0.2) is 30.4 Å². The molecule has 0 saturated heterocycles. The quantitative estimate of drug-likeness (QED) is 0.907. The van der Waals surface area contributed by atoms with E-state index in [1.807, 2.05) is 11.9 Å². The zero-order chi connectivity index (χ0) is 15.5. The molecular weight excluding hydrogens is 280 g/mol. The summed E-state index contributed by atoms with van der Waals surface area (Å²) in [6.45, 7) is 4.88. The Morgan fingerprint density at radius 3 is 2.71 bits per heavy atom. The molecule has 1 amide bonds. The number of rotatable bonds is 5. The van der Waals surface area contributed by atoms with Crippen LogP contribution in [0.15, 0.2) is 17.5 Å². The molecule has 1 fully saturated rings. The second-order valence-electron chi connectivity index (χ2n) is 6.72. The first-order chi connectivity index (χ1) is 9.98. The summed E-state index contributed by atoms with van der Waals surface area (Å²) in [5, 5.41) is 2.09. The molecule has 1 heterocycles. The molecule has 0 spiro atoms. The molecule has 0 aromatic carbocycles. The van der Waals surface area contributed by atoms with Gasteiger partial charge in [0.05, 0.1) is 5.41 Å². The maximum atomic E-state index is 13.0. The molecule has 2 N–H and O–H groups in total. The van der Waals surface area contributed by atoms with Gasteiger partial charge in [0.1, 0.15) is 0 Å². The SMILES string of the molecule is CC1CCC(CN)(C(=O)N(C)C(C)Cc2cccs2)CC1. The van der Waals surface area contributed by atoms with E-state index in [9.17, 15) is 4.79 Å². The second kappa shape index (κ2) is 6.93. The van der Waals surface area contributed by atoms with Gasteiger partial charge < -0.3 is 10.6 Å². The lowest BCUT2D eigenvalue weighted by Crippen LogP contribution is -2.51. The minimum atomic E-state index is -0.315. The van der Waals surface area contributed by atoms with Crippen LogP contribution in [0, 0.1) is 11.3 Å². The van der Waals surface area contributed by atoms with Crippen LogP contribution < -0.4 is 5.73 Å². The summed E-state index contributed by atoms with van der Waals surface area (Å²) in [6.07, 6.45) is 5.06. The molecule has 3 nitrogen and oxygen atoms in total. The summed E-state index contributed by atoms with van der Waals surface area (Å²) >= 11 is 1.76. The van der Waals surface area contributed by atoms with E-state index >= 15 is 0 Å². The maximum absolute atomic E-state index is 13.0. The number of hydrogen-bond donors (Lipinski definition) is 1. The van der Waals surface area contributed by atoms with Gasteiger partial charge in [-0.1, -0.05) is 13.0 Å². The molecule has 1 aromatic rings. The molecule has 2 rings (SSSR count). The highest BCUT2D eigenvalue weighted by molar-refractivity contribution is 7.09. The summed E-state index contributed by atoms with van der Waals surface area (Å²) in [4.78, 5) is 16.2. The highest BCUT2D eigenvalue weighted by Gasteiger charge is 2.42. The molecule has 0 bridgehead atoms. The van der Waals surface area contributed by atoms with Gasteiger partial charge in [-0.3, -0.25) is 4.79 Å². The fraction of sp³-hybridized carbons (Fsp3) is 0.706. The Labute approximate surface area is 132 Å². The van der Waals surface area contributed by atoms with Gasteiger partial charge in [-0.15, -0.1) is 11.3 Å². The number of thiophene rings is 1. The fourth-order valence-electron chi connectivity index (χ4n) is 3.25. The van der Waals surface area contributed by atoms with Crippen molar-refractivity contribution in [3.8, 4) is 0 Å². The molecule has 21 heavy (non-hydrogen) atoms. The predicted octanol–water partition coefficient (Wildman–Crippen LogP) is 3.29. The first-order valence-electron chi connectivity index (χ1n) is 7.98. The van der Waals surface area contributed by atoms with Crippen molar-refractivity contribution in [1.29, 1.82) is 0 Å². The van der Waals surface area contributed by atoms with E-state index in [4.69, 9.17) is 5.73 Å². The van der Waals surface area contributed by atoms with Crippen molar-refractivity contribution in [3.63, 3.8) is 0 Å². The molecule has 1 aliphatic rings. The first-order valence-corrected chi connectivity index (χ1v) is 8.86. The molecule has 1 atom stereocenters. The summed E-state index contributed by atoms with van der Waals surface area (Å²) in [6, 6.07) is 4.43. The van der Waals surface area contributed by atoms with E-state index in [1.54, 1.807) is 11.3 Å². The van der Waals surface area contributed by atoms with Crippen LogP contribution in [0.1, 0.15) is 44.4 Å². The number of amides is 1. The van der Waals surface area contributed by atoms with Crippen LogP contribution in [0.4, 0.5) is 0 Å². The van der Waals surface area contributed by atoms with E-state index in [0.29, 0.717) is 6.54 Å². The molecule has 118 valence electrons. The maximum Gasteiger partial charge on any atom is 0.230 e. The molecule has 1 aromatic heterocycles. The van der Waals surface area contributed by atoms with Crippen molar-refractivity contribution in [3.05, 3.63) is 22.4 Å². The fourth-order valence-corrected chi connectivity index (χ4v) is 4.08. The number of likely N-dealkylation sites (N-methyl/N-ethyl adjacent to an activating group) is 1. The summed E-state index contributed by atoms with van der Waals surface area (Å²) in [5.41, 5.74) is 5.70. The van der Waals surface area contributed by atoms with Gasteiger partial charge >= 0.3 is 0 Å². The highest BCUT2D eigenvalue weighted by Crippen LogP contribution is 2.39. The predicted molar refractivity (Wildman–Crippen MR) is 89.4 cm³/mol. The lowest BCUT2D eigenvalue weighted by molar-refractivity contribution is -0.144. The summed E-state index contributed by atoms with van der Waals surface area (Å²) in [7, 11) is 1.94. The number of hydrogen-bond acceptors (Lipinski definition) is 3. The Morgan fingerprint density at radius 2 is 2.19 bits per heavy atom. The molecule has 0 radical (unpaired) electrons. The Hall–Kier alpha value is -0.870. The molecule has 1 aliphatic carbocycles. The second-order valence-corrected chi connectivity index (χ2v) is 7.75. The van der Waals surface area contributed by atoms with Crippen molar-refractivity contribution in [2.24, 2.45) is 17.1 Å². The number of nitrogens with zero attached hydrogens (tertiary/aromatic N) is 1. The lowest BCUT2D eigenvalue weighted by atomic mass is 9.70. The van der Waals surface area contributed by atoms with Crippen molar-refractivity contribution >= 4 is 17.2 Å². The molecule has 1 saturated carbocycles. The average Bonchev–Trinajstić information content (AvgIpc) is 3.00. The molecule has 4 heteroatoms. The van der Waals surface area contributed by atoms with Gasteiger partial charge in [0.25, 0.3) is 0 Å². The smallest absolute Gasteiger partial charge is 0.230 e. The molecular formula is C17H28N2OS.